The molecular formula is C17H17NO6. The van der Waals surface area contributed by atoms with Crippen LogP contribution in [0.15, 0.2) is 24.3 Å². The highest BCUT2D eigenvalue weighted by molar-refractivity contribution is 6.02. The van der Waals surface area contributed by atoms with Crippen LogP contribution >= 0.6 is 0 Å². The van der Waals surface area contributed by atoms with Gasteiger partial charge in [-0.3, -0.25) is 0 Å². The van der Waals surface area contributed by atoms with E-state index in [9.17, 15) is 19.5 Å². The van der Waals surface area contributed by atoms with Crippen LogP contribution in [-0.4, -0.2) is 43.3 Å². The van der Waals surface area contributed by atoms with Crippen LogP contribution in [-0.2, 0) is 14.3 Å². The lowest BCUT2D eigenvalue weighted by atomic mass is 9.76. The Balaban J connectivity index is 2.24. The average molecular weight is 331 g/mol. The Hall–Kier alpha value is -2.83. The van der Waals surface area contributed by atoms with E-state index >= 15 is 0 Å². The number of hydrogen-bond donors (Lipinski definition) is 2. The number of esters is 2. The van der Waals surface area contributed by atoms with Gasteiger partial charge in [-0.15, -0.1) is 0 Å². The second-order valence-corrected chi connectivity index (χ2v) is 5.75. The molecule has 1 aromatic carbocycles. The van der Waals surface area contributed by atoms with Gasteiger partial charge in [-0.25, -0.2) is 14.4 Å². The molecule has 0 fully saturated rings. The number of fused-ring (bicyclic) bond motifs is 3. The summed E-state index contributed by atoms with van der Waals surface area (Å²) in [6.45, 7) is 0. The van der Waals surface area contributed by atoms with E-state index in [0.29, 0.717) is 23.2 Å². The number of carbonyl (C=O) groups excluding carboxylic acids is 2. The van der Waals surface area contributed by atoms with Crippen LogP contribution < -0.4 is 5.32 Å². The van der Waals surface area contributed by atoms with Crippen LogP contribution in [0, 0.1) is 5.92 Å². The van der Waals surface area contributed by atoms with Crippen molar-refractivity contribution in [3.8, 4) is 0 Å². The van der Waals surface area contributed by atoms with Crippen LogP contribution in [0.5, 0.6) is 0 Å². The summed E-state index contributed by atoms with van der Waals surface area (Å²) in [6.07, 6.45) is 4.36. The van der Waals surface area contributed by atoms with Crippen molar-refractivity contribution in [1.29, 1.82) is 0 Å². The van der Waals surface area contributed by atoms with Crippen molar-refractivity contribution < 1.29 is 29.0 Å². The number of carboxylic acids is 1. The maximum absolute atomic E-state index is 12.1. The fourth-order valence-electron chi connectivity index (χ4n) is 3.52. The van der Waals surface area contributed by atoms with Crippen LogP contribution in [0.2, 0.25) is 0 Å². The molecule has 3 atom stereocenters. The topological polar surface area (TPSA) is 102 Å². The summed E-state index contributed by atoms with van der Waals surface area (Å²) in [4.78, 5) is 35.8. The molecule has 0 bridgehead atoms. The Labute approximate surface area is 138 Å². The molecule has 0 unspecified atom stereocenters. The van der Waals surface area contributed by atoms with E-state index in [-0.39, 0.29) is 17.4 Å². The van der Waals surface area contributed by atoms with Gasteiger partial charge in [0.15, 0.2) is 0 Å². The fourth-order valence-corrected chi connectivity index (χ4v) is 3.52. The van der Waals surface area contributed by atoms with Gasteiger partial charge in [0.2, 0.25) is 0 Å². The van der Waals surface area contributed by atoms with Gasteiger partial charge >= 0.3 is 17.9 Å². The second-order valence-electron chi connectivity index (χ2n) is 5.75. The van der Waals surface area contributed by atoms with Crippen LogP contribution in [0.25, 0.3) is 0 Å². The summed E-state index contributed by atoms with van der Waals surface area (Å²) in [5.41, 5.74) is 1.43. The molecule has 7 heteroatoms. The first-order chi connectivity index (χ1) is 11.5. The molecule has 1 heterocycles. The Kier molecular flexibility index (Phi) is 4.01. The minimum atomic E-state index is -1.00. The Morgan fingerprint density at radius 3 is 2.38 bits per heavy atom. The molecule has 0 saturated carbocycles. The van der Waals surface area contributed by atoms with Gasteiger partial charge in [0, 0.05) is 11.8 Å². The molecule has 2 aliphatic rings. The molecule has 0 spiro atoms. The van der Waals surface area contributed by atoms with E-state index < -0.39 is 23.9 Å². The highest BCUT2D eigenvalue weighted by Crippen LogP contribution is 2.47. The summed E-state index contributed by atoms with van der Waals surface area (Å²) in [5, 5.41) is 12.4. The smallest absolute Gasteiger partial charge is 0.339 e. The lowest BCUT2D eigenvalue weighted by Gasteiger charge is -2.36. The fraction of sp³-hybridized carbons (Fsp3) is 0.353. The molecule has 126 valence electrons. The third-order valence-corrected chi connectivity index (χ3v) is 4.60. The summed E-state index contributed by atoms with van der Waals surface area (Å²) in [5.74, 6) is -2.64. The Bertz CT molecular complexity index is 754. The van der Waals surface area contributed by atoms with Gasteiger partial charge < -0.3 is 19.9 Å². The van der Waals surface area contributed by atoms with Gasteiger partial charge in [0.05, 0.1) is 31.0 Å². The lowest BCUT2D eigenvalue weighted by molar-refractivity contribution is -0.139. The third kappa shape index (κ3) is 2.33. The molecule has 1 aliphatic heterocycles. The van der Waals surface area contributed by atoms with Gasteiger partial charge in [-0.1, -0.05) is 12.2 Å². The number of carbonyl (C=O) groups is 3. The van der Waals surface area contributed by atoms with Crippen LogP contribution in [0.1, 0.15) is 38.6 Å². The van der Waals surface area contributed by atoms with E-state index in [0.717, 1.165) is 0 Å². The van der Waals surface area contributed by atoms with E-state index in [4.69, 9.17) is 9.47 Å². The third-order valence-electron chi connectivity index (χ3n) is 4.60. The highest BCUT2D eigenvalue weighted by Gasteiger charge is 2.44. The minimum Gasteiger partial charge on any atom is -0.480 e. The number of aliphatic carboxylic acids is 1. The lowest BCUT2D eigenvalue weighted by Crippen LogP contribution is -2.43. The van der Waals surface area contributed by atoms with Gasteiger partial charge in [-0.05, 0) is 24.1 Å². The number of rotatable bonds is 3. The summed E-state index contributed by atoms with van der Waals surface area (Å²) in [7, 11) is 2.53. The zero-order valence-corrected chi connectivity index (χ0v) is 13.2. The van der Waals surface area contributed by atoms with Crippen molar-refractivity contribution in [2.45, 2.75) is 18.4 Å². The van der Waals surface area contributed by atoms with Crippen molar-refractivity contribution in [1.82, 2.24) is 0 Å². The molecule has 0 aromatic heterocycles. The van der Waals surface area contributed by atoms with E-state index in [1.807, 2.05) is 12.2 Å². The first-order valence-electron chi connectivity index (χ1n) is 7.49. The predicted molar refractivity (Wildman–Crippen MR) is 84.2 cm³/mol. The molecule has 1 aromatic rings. The summed E-state index contributed by atoms with van der Waals surface area (Å²) < 4.78 is 9.60. The quantitative estimate of drug-likeness (QED) is 0.643. The second kappa shape index (κ2) is 5.99. The van der Waals surface area contributed by atoms with Gasteiger partial charge in [0.25, 0.3) is 0 Å². The zero-order valence-electron chi connectivity index (χ0n) is 13.2. The molecular weight excluding hydrogens is 314 g/mol. The van der Waals surface area contributed by atoms with Crippen molar-refractivity contribution >= 4 is 23.6 Å². The molecule has 24 heavy (non-hydrogen) atoms. The highest BCUT2D eigenvalue weighted by atomic mass is 16.5. The SMILES string of the molecule is COC(=O)c1ccc(C(=O)OC)c2c1N[C@H](C(=O)O)[C@H]1CC=C[C@H]21. The van der Waals surface area contributed by atoms with Crippen LogP contribution in [0.3, 0.4) is 0 Å². The maximum Gasteiger partial charge on any atom is 0.339 e. The number of carboxylic acid groups (broad SMARTS) is 1. The van der Waals surface area contributed by atoms with E-state index in [1.165, 1.54) is 26.4 Å². The van der Waals surface area contributed by atoms with Gasteiger partial charge in [0.1, 0.15) is 6.04 Å². The Morgan fingerprint density at radius 2 is 1.75 bits per heavy atom. The molecule has 2 N–H and O–H groups in total. The van der Waals surface area contributed by atoms with Crippen molar-refractivity contribution in [3.05, 3.63) is 41.0 Å². The predicted octanol–water partition coefficient (Wildman–Crippen LogP) is 1.80. The monoisotopic (exact) mass is 331 g/mol. The number of allylic oxidation sites excluding steroid dienone is 2. The average Bonchev–Trinajstić information content (AvgIpc) is 3.08. The largest absolute Gasteiger partial charge is 0.480 e. The van der Waals surface area contributed by atoms with E-state index in [1.54, 1.807) is 0 Å². The van der Waals surface area contributed by atoms with Crippen molar-refractivity contribution in [3.63, 3.8) is 0 Å². The number of hydrogen-bond acceptors (Lipinski definition) is 6. The molecule has 0 saturated heterocycles. The number of ether oxygens (including phenoxy) is 2. The molecule has 1 aliphatic carbocycles. The number of anilines is 1. The standard InChI is InChI=1S/C17H17NO6/c1-23-16(21)10-6-7-11(17(22)24-2)13-12(10)8-4-3-5-9(8)14(18-13)15(19)20/h3-4,6-9,14,18H,5H2,1-2H3,(H,19,20)/t8-,9-,14-/m0/s1. The number of methoxy groups -OCH3 is 2. The zero-order chi connectivity index (χ0) is 17.4. The minimum absolute atomic E-state index is 0.199. The Morgan fingerprint density at radius 1 is 1.12 bits per heavy atom. The number of nitrogens with one attached hydrogen (secondary N) is 1. The summed E-state index contributed by atoms with van der Waals surface area (Å²) in [6, 6.07) is 2.11. The number of benzene rings is 1. The van der Waals surface area contributed by atoms with Crippen molar-refractivity contribution in [2.75, 3.05) is 19.5 Å². The molecule has 7 nitrogen and oxygen atoms in total. The first-order valence-corrected chi connectivity index (χ1v) is 7.49. The first kappa shape index (κ1) is 16.0. The van der Waals surface area contributed by atoms with Crippen molar-refractivity contribution in [2.24, 2.45) is 5.92 Å². The van der Waals surface area contributed by atoms with Crippen LogP contribution in [0.4, 0.5) is 5.69 Å². The summed E-state index contributed by atoms with van der Waals surface area (Å²) >= 11 is 0. The maximum atomic E-state index is 12.1. The van der Waals surface area contributed by atoms with E-state index in [2.05, 4.69) is 5.32 Å². The van der Waals surface area contributed by atoms with Gasteiger partial charge in [-0.2, -0.15) is 0 Å². The molecule has 0 amide bonds. The molecule has 0 radical (unpaired) electrons. The molecule has 3 rings (SSSR count). The normalized spacial score (nSPS) is 23.7.